The van der Waals surface area contributed by atoms with Crippen LogP contribution in [-0.2, 0) is 11.2 Å². The third-order valence-electron chi connectivity index (χ3n) is 4.25. The van der Waals surface area contributed by atoms with Crippen LogP contribution in [0.4, 0.5) is 14.5 Å². The summed E-state index contributed by atoms with van der Waals surface area (Å²) in [6.45, 7) is 6.21. The van der Waals surface area contributed by atoms with E-state index in [0.29, 0.717) is 12.1 Å². The van der Waals surface area contributed by atoms with Crippen molar-refractivity contribution >= 4 is 26.5 Å². The van der Waals surface area contributed by atoms with E-state index >= 15 is 0 Å². The number of benzene rings is 1. The van der Waals surface area contributed by atoms with Crippen LogP contribution < -0.4 is 16.0 Å². The van der Waals surface area contributed by atoms with E-state index in [2.05, 4.69) is 16.0 Å². The van der Waals surface area contributed by atoms with Crippen LogP contribution in [0, 0.1) is 12.3 Å². The number of hydrogen-bond acceptors (Lipinski definition) is 5. The molecule has 4 N–H and O–H groups in total. The van der Waals surface area contributed by atoms with Crippen molar-refractivity contribution in [2.45, 2.75) is 32.9 Å². The Morgan fingerprint density at radius 3 is 2.43 bits per heavy atom. The topological polar surface area (TPSA) is 86.2 Å². The molecule has 0 radical (unpaired) electrons. The van der Waals surface area contributed by atoms with Crippen LogP contribution in [-0.4, -0.2) is 44.5 Å². The van der Waals surface area contributed by atoms with Gasteiger partial charge in [0.15, 0.2) is 5.88 Å². The summed E-state index contributed by atoms with van der Waals surface area (Å²) in [6, 6.07) is 3.79. The van der Waals surface area contributed by atoms with Gasteiger partial charge >= 0.3 is 0 Å². The highest BCUT2D eigenvalue weighted by molar-refractivity contribution is 7.20. The summed E-state index contributed by atoms with van der Waals surface area (Å²) >= 11 is 0. The van der Waals surface area contributed by atoms with Crippen molar-refractivity contribution < 1.29 is 18.3 Å². The number of nitrogens with one attached hydrogen (secondary N) is 4. The number of halogens is 2. The first-order valence-electron chi connectivity index (χ1n) is 8.97. The third kappa shape index (κ3) is 5.89. The summed E-state index contributed by atoms with van der Waals surface area (Å²) in [6.07, 6.45) is 0.752. The first-order chi connectivity index (χ1) is 13.1. The molecule has 28 heavy (non-hydrogen) atoms. The minimum Gasteiger partial charge on any atom is -0.482 e. The lowest BCUT2D eigenvalue weighted by Crippen LogP contribution is -2.35. The zero-order valence-electron chi connectivity index (χ0n) is 16.9. The lowest BCUT2D eigenvalue weighted by Gasteiger charge is -2.20. The molecule has 6 nitrogen and oxygen atoms in total. The molecule has 0 spiro atoms. The maximum atomic E-state index is 13.6. The van der Waals surface area contributed by atoms with Crippen LogP contribution in [0.25, 0.3) is 0 Å². The Morgan fingerprint density at radius 1 is 1.32 bits per heavy atom. The van der Waals surface area contributed by atoms with Gasteiger partial charge in [-0.2, -0.15) is 8.78 Å². The number of amides is 1. The number of anilines is 1. The second kappa shape index (κ2) is 10.4. The molecule has 0 fully saturated rings. The molecule has 1 aromatic rings. The van der Waals surface area contributed by atoms with Gasteiger partial charge in [-0.25, -0.2) is 0 Å². The van der Waals surface area contributed by atoms with E-state index in [0.717, 1.165) is 23.2 Å². The Morgan fingerprint density at radius 2 is 1.96 bits per heavy atom. The van der Waals surface area contributed by atoms with Gasteiger partial charge in [-0.3, -0.25) is 10.2 Å². The van der Waals surface area contributed by atoms with E-state index in [1.165, 1.54) is 23.4 Å². The van der Waals surface area contributed by atoms with Crippen molar-refractivity contribution in [1.82, 2.24) is 10.6 Å². The van der Waals surface area contributed by atoms with Crippen molar-refractivity contribution in [3.8, 4) is 0 Å². The number of ether oxygens (including phenoxy) is 1. The van der Waals surface area contributed by atoms with E-state index in [1.54, 1.807) is 6.07 Å². The summed E-state index contributed by atoms with van der Waals surface area (Å²) in [5, 5.41) is 16.3. The first kappa shape index (κ1) is 23.8. The Bertz CT molecular complexity index is 755. The number of alkyl halides is 2. The fourth-order valence-corrected chi connectivity index (χ4v) is 2.89. The number of carbonyl (C=O) groups excluding carboxylic acids is 1. The van der Waals surface area contributed by atoms with Gasteiger partial charge in [-0.05, 0) is 43.5 Å². The second-order valence-electron chi connectivity index (χ2n) is 6.14. The molecular weight excluding hydrogens is 385 g/mol. The quantitative estimate of drug-likeness (QED) is 0.269. The maximum Gasteiger partial charge on any atom is 0.300 e. The number of methoxy groups -OCH3 is 1. The Hall–Kier alpha value is -2.21. The van der Waals surface area contributed by atoms with Crippen LogP contribution in [0.15, 0.2) is 23.6 Å². The molecule has 1 atom stereocenters. The fourth-order valence-electron chi connectivity index (χ4n) is 2.71. The largest absolute Gasteiger partial charge is 0.482 e. The average Bonchev–Trinajstić information content (AvgIpc) is 2.65. The molecule has 0 heterocycles. The van der Waals surface area contributed by atoms with Crippen LogP contribution in [0.3, 0.4) is 0 Å². The third-order valence-corrected chi connectivity index (χ3v) is 4.54. The fraction of sp³-hybridized carbons (Fsp3) is 0.474. The highest BCUT2D eigenvalue weighted by Crippen LogP contribution is 2.28. The van der Waals surface area contributed by atoms with Crippen molar-refractivity contribution in [2.75, 3.05) is 32.6 Å². The molecule has 0 aliphatic carbocycles. The molecule has 1 unspecified atom stereocenters. The van der Waals surface area contributed by atoms with Gasteiger partial charge < -0.3 is 20.7 Å². The molecule has 0 aliphatic heterocycles. The van der Waals surface area contributed by atoms with Crippen LogP contribution >= 0.6 is 9.24 Å². The molecule has 1 rings (SSSR count). The summed E-state index contributed by atoms with van der Waals surface area (Å²) in [7, 11) is 4.12. The van der Waals surface area contributed by atoms with Gasteiger partial charge in [0.2, 0.25) is 0 Å². The first-order valence-corrected chi connectivity index (χ1v) is 9.54. The molecule has 0 saturated heterocycles. The minimum atomic E-state index is -3.45. The summed E-state index contributed by atoms with van der Waals surface area (Å²) in [4.78, 5) is 12.8. The van der Waals surface area contributed by atoms with E-state index in [-0.39, 0.29) is 18.0 Å². The normalized spacial score (nSPS) is 12.1. The van der Waals surface area contributed by atoms with E-state index in [9.17, 15) is 13.6 Å². The zero-order chi connectivity index (χ0) is 21.5. The Balaban J connectivity index is 3.20. The van der Waals surface area contributed by atoms with Crippen LogP contribution in [0.2, 0.25) is 0 Å². The lowest BCUT2D eigenvalue weighted by atomic mass is 10.00. The van der Waals surface area contributed by atoms with Crippen molar-refractivity contribution in [2.24, 2.45) is 0 Å². The summed E-state index contributed by atoms with van der Waals surface area (Å²) in [5.41, 5.74) is -1.45. The van der Waals surface area contributed by atoms with Gasteiger partial charge in [0.25, 0.3) is 11.6 Å². The molecule has 9 heteroatoms. The number of rotatable bonds is 10. The molecule has 1 amide bonds. The smallest absolute Gasteiger partial charge is 0.300 e. The van der Waals surface area contributed by atoms with E-state index < -0.39 is 17.3 Å². The maximum absolute atomic E-state index is 13.6. The number of hydrogen-bond donors (Lipinski definition) is 4. The Labute approximate surface area is 167 Å². The highest BCUT2D eigenvalue weighted by atomic mass is 31.0. The van der Waals surface area contributed by atoms with Gasteiger partial charge in [-0.1, -0.05) is 16.2 Å². The van der Waals surface area contributed by atoms with Crippen molar-refractivity contribution in [3.63, 3.8) is 0 Å². The van der Waals surface area contributed by atoms with Gasteiger partial charge in [0.05, 0.1) is 19.2 Å². The Kier molecular flexibility index (Phi) is 8.82. The van der Waals surface area contributed by atoms with E-state index in [4.69, 9.17) is 10.1 Å². The summed E-state index contributed by atoms with van der Waals surface area (Å²) in [5.74, 6) is -0.407. The van der Waals surface area contributed by atoms with E-state index in [1.807, 2.05) is 26.8 Å². The molecule has 0 bridgehead atoms. The monoisotopic (exact) mass is 414 g/mol. The molecule has 0 aromatic heterocycles. The van der Waals surface area contributed by atoms with Crippen molar-refractivity contribution in [3.05, 3.63) is 40.3 Å². The second-order valence-corrected chi connectivity index (χ2v) is 6.87. The standard InChI is InChI=1S/C19H29F2N4O2P/c1-6-12-8-13(11(3)15(9-12)24-7-2)17(26)25-10-14(18(23-4)27-5)16(22)19(20,21)28/h8-9,22-24H,6-7,10,28H2,1-5H3,(H,25,26)/b18-14+,22-16?. The summed E-state index contributed by atoms with van der Waals surface area (Å²) < 4.78 is 32.3. The van der Waals surface area contributed by atoms with Crippen LogP contribution in [0.1, 0.15) is 35.3 Å². The van der Waals surface area contributed by atoms with Crippen LogP contribution in [0.5, 0.6) is 0 Å². The van der Waals surface area contributed by atoms with Gasteiger partial charge in [0.1, 0.15) is 5.71 Å². The molecule has 1 aromatic carbocycles. The average molecular weight is 414 g/mol. The van der Waals surface area contributed by atoms with Gasteiger partial charge in [0, 0.05) is 24.8 Å². The minimum absolute atomic E-state index is 0.000190. The van der Waals surface area contributed by atoms with Gasteiger partial charge in [-0.15, -0.1) is 0 Å². The lowest BCUT2D eigenvalue weighted by molar-refractivity contribution is 0.0955. The predicted molar refractivity (Wildman–Crippen MR) is 113 cm³/mol. The molecule has 156 valence electrons. The molecular formula is C19H29F2N4O2P. The zero-order valence-corrected chi connectivity index (χ0v) is 18.1. The number of aryl methyl sites for hydroxylation is 1. The molecule has 0 aliphatic rings. The predicted octanol–water partition coefficient (Wildman–Crippen LogP) is 3.28. The van der Waals surface area contributed by atoms with Crippen molar-refractivity contribution in [1.29, 1.82) is 5.41 Å². The number of carbonyl (C=O) groups is 1. The highest BCUT2D eigenvalue weighted by Gasteiger charge is 2.33. The molecule has 0 saturated carbocycles. The SMILES string of the molecule is CCNc1cc(CC)cc(C(=O)NC/C(C(=N)C(F)(F)P)=C(/NC)OC)c1C.